The standard InChI is InChI=1S/C29H42O9.H2O/c1-16-25(33)22(31)12-24(37-16)38-18-3-8-27(15-30)20-4-7-26(2)19(17-11-23(32)36-14-17)6-10-29(26,35)21(20)5-9-28(27,34)13-18;/h11,15-16,18-22,24-25,31,33-35H,3-10,12-14H2,1-2H3;1H2/t16?,18?,19?,20?,21?,22?,24?,25?,26-,27+,28+,29+;/m1./s1. The van der Waals surface area contributed by atoms with Gasteiger partial charge in [-0.3, -0.25) is 0 Å². The maximum Gasteiger partial charge on any atom is 0.331 e. The van der Waals surface area contributed by atoms with Crippen LogP contribution in [0.5, 0.6) is 0 Å². The van der Waals surface area contributed by atoms with E-state index in [1.165, 1.54) is 0 Å². The lowest BCUT2D eigenvalue weighted by atomic mass is 9.41. The van der Waals surface area contributed by atoms with Crippen LogP contribution in [0.3, 0.4) is 0 Å². The van der Waals surface area contributed by atoms with Crippen LogP contribution in [-0.2, 0) is 23.8 Å². The van der Waals surface area contributed by atoms with Gasteiger partial charge in [-0.2, -0.15) is 0 Å². The summed E-state index contributed by atoms with van der Waals surface area (Å²) in [6, 6.07) is 0. The predicted molar refractivity (Wildman–Crippen MR) is 137 cm³/mol. The fraction of sp³-hybridized carbons (Fsp3) is 0.862. The summed E-state index contributed by atoms with van der Waals surface area (Å²) in [6.07, 6.45) is 4.50. The fourth-order valence-corrected chi connectivity index (χ4v) is 9.76. The van der Waals surface area contributed by atoms with Crippen molar-refractivity contribution >= 4 is 12.3 Å². The molecule has 2 aliphatic heterocycles. The van der Waals surface area contributed by atoms with Gasteiger partial charge in [0.1, 0.15) is 19.0 Å². The average molecular weight is 553 g/mol. The van der Waals surface area contributed by atoms with Gasteiger partial charge in [-0.15, -0.1) is 0 Å². The highest BCUT2D eigenvalue weighted by atomic mass is 16.7. The number of hydrogen-bond donors (Lipinski definition) is 4. The Bertz CT molecular complexity index is 1000. The number of ether oxygens (including phenoxy) is 3. The molecule has 6 N–H and O–H groups in total. The summed E-state index contributed by atoms with van der Waals surface area (Å²) in [6.45, 7) is 4.13. The Morgan fingerprint density at radius 3 is 2.46 bits per heavy atom. The van der Waals surface area contributed by atoms with Crippen molar-refractivity contribution in [2.24, 2.45) is 28.6 Å². The molecule has 0 radical (unpaired) electrons. The van der Waals surface area contributed by atoms with E-state index in [1.807, 2.05) is 0 Å². The van der Waals surface area contributed by atoms with E-state index in [-0.39, 0.29) is 41.7 Å². The summed E-state index contributed by atoms with van der Waals surface area (Å²) in [5, 5.41) is 44.6. The zero-order valence-electron chi connectivity index (χ0n) is 22.9. The highest BCUT2D eigenvalue weighted by molar-refractivity contribution is 5.85. The van der Waals surface area contributed by atoms with E-state index in [4.69, 9.17) is 14.2 Å². The van der Waals surface area contributed by atoms with Gasteiger partial charge in [0.25, 0.3) is 0 Å². The van der Waals surface area contributed by atoms with Gasteiger partial charge in [0, 0.05) is 24.3 Å². The predicted octanol–water partition coefficient (Wildman–Crippen LogP) is 0.954. The average Bonchev–Trinajstić information content (AvgIpc) is 3.41. The highest BCUT2D eigenvalue weighted by Gasteiger charge is 2.71. The van der Waals surface area contributed by atoms with Gasteiger partial charge in [-0.05, 0) is 81.6 Å². The van der Waals surface area contributed by atoms with Crippen LogP contribution in [0.1, 0.15) is 78.1 Å². The third-order valence-corrected chi connectivity index (χ3v) is 11.9. The first-order chi connectivity index (χ1) is 18.0. The van der Waals surface area contributed by atoms with Gasteiger partial charge < -0.3 is 44.9 Å². The summed E-state index contributed by atoms with van der Waals surface area (Å²) >= 11 is 0. The van der Waals surface area contributed by atoms with Crippen LogP contribution in [0.4, 0.5) is 0 Å². The molecule has 0 bridgehead atoms. The molecule has 1 saturated heterocycles. The second-order valence-electron chi connectivity index (χ2n) is 13.3. The van der Waals surface area contributed by atoms with Crippen molar-refractivity contribution < 1.29 is 49.7 Å². The molecule has 10 heteroatoms. The zero-order valence-corrected chi connectivity index (χ0v) is 22.9. The van der Waals surface area contributed by atoms with Gasteiger partial charge in [0.05, 0.1) is 34.9 Å². The Kier molecular flexibility index (Phi) is 7.36. The van der Waals surface area contributed by atoms with Crippen LogP contribution >= 0.6 is 0 Å². The molecule has 0 spiro atoms. The van der Waals surface area contributed by atoms with Crippen LogP contribution in [0, 0.1) is 28.6 Å². The van der Waals surface area contributed by atoms with Crippen LogP contribution in [0.25, 0.3) is 0 Å². The van der Waals surface area contributed by atoms with E-state index in [9.17, 15) is 30.0 Å². The molecule has 8 unspecified atom stereocenters. The van der Waals surface area contributed by atoms with E-state index >= 15 is 0 Å². The van der Waals surface area contributed by atoms with Gasteiger partial charge in [0.2, 0.25) is 0 Å². The fourth-order valence-electron chi connectivity index (χ4n) is 9.76. The van der Waals surface area contributed by atoms with Crippen molar-refractivity contribution in [1.29, 1.82) is 0 Å². The number of aldehydes is 1. The smallest absolute Gasteiger partial charge is 0.331 e. The Morgan fingerprint density at radius 1 is 1.05 bits per heavy atom. The molecule has 12 atom stereocenters. The molecule has 0 amide bonds. The van der Waals surface area contributed by atoms with E-state index in [2.05, 4.69) is 6.92 Å². The van der Waals surface area contributed by atoms with Crippen molar-refractivity contribution in [3.05, 3.63) is 11.6 Å². The summed E-state index contributed by atoms with van der Waals surface area (Å²) in [4.78, 5) is 24.7. The third-order valence-electron chi connectivity index (χ3n) is 11.9. The molecule has 10 nitrogen and oxygen atoms in total. The normalized spacial score (nSPS) is 53.0. The lowest BCUT2D eigenvalue weighted by Gasteiger charge is -2.65. The number of hydrogen-bond acceptors (Lipinski definition) is 9. The molecule has 4 saturated carbocycles. The quantitative estimate of drug-likeness (QED) is 0.225. The van der Waals surface area contributed by atoms with Crippen LogP contribution < -0.4 is 0 Å². The molecule has 220 valence electrons. The lowest BCUT2D eigenvalue weighted by Crippen LogP contribution is -2.69. The molecular weight excluding hydrogens is 508 g/mol. The number of carbonyl (C=O) groups is 2. The molecule has 39 heavy (non-hydrogen) atoms. The monoisotopic (exact) mass is 552 g/mol. The van der Waals surface area contributed by atoms with Crippen molar-refractivity contribution in [2.45, 2.75) is 120 Å². The molecule has 4 aliphatic carbocycles. The molecule has 6 aliphatic rings. The number of esters is 1. The zero-order chi connectivity index (χ0) is 27.1. The van der Waals surface area contributed by atoms with E-state index in [0.29, 0.717) is 45.1 Å². The van der Waals surface area contributed by atoms with E-state index in [0.717, 1.165) is 31.1 Å². The Labute approximate surface area is 229 Å². The van der Waals surface area contributed by atoms with Crippen molar-refractivity contribution in [2.75, 3.05) is 6.61 Å². The Hall–Kier alpha value is -1.40. The van der Waals surface area contributed by atoms with E-state index in [1.54, 1.807) is 13.0 Å². The molecule has 2 heterocycles. The molecule has 0 aromatic rings. The maximum absolute atomic E-state index is 12.9. The molecule has 0 aromatic heterocycles. The lowest BCUT2D eigenvalue weighted by molar-refractivity contribution is -0.286. The summed E-state index contributed by atoms with van der Waals surface area (Å²) < 4.78 is 17.1. The van der Waals surface area contributed by atoms with Crippen molar-refractivity contribution in [3.8, 4) is 0 Å². The number of rotatable bonds is 4. The van der Waals surface area contributed by atoms with E-state index < -0.39 is 46.6 Å². The first kappa shape index (κ1) is 29.1. The largest absolute Gasteiger partial charge is 0.458 e. The van der Waals surface area contributed by atoms with Gasteiger partial charge in [-0.1, -0.05) is 6.92 Å². The highest BCUT2D eigenvalue weighted by Crippen LogP contribution is 2.70. The number of aliphatic hydroxyl groups is 4. The Morgan fingerprint density at radius 2 is 1.79 bits per heavy atom. The SMILES string of the molecule is CC1OC(OC2CC[C@]3(C=O)C4CC[C@]5(C)C(C6=CC(=O)OC6)CC[C@]5(O)C4CC[C@]3(O)C2)CC(O)C1O.O. The van der Waals surface area contributed by atoms with Gasteiger partial charge >= 0.3 is 5.97 Å². The molecule has 5 fully saturated rings. The minimum atomic E-state index is -1.24. The second-order valence-corrected chi connectivity index (χ2v) is 13.3. The topological polar surface area (TPSA) is 174 Å². The third kappa shape index (κ3) is 4.08. The first-order valence-electron chi connectivity index (χ1n) is 14.4. The van der Waals surface area contributed by atoms with Crippen LogP contribution in [0.2, 0.25) is 0 Å². The van der Waals surface area contributed by atoms with Gasteiger partial charge in [0.15, 0.2) is 6.29 Å². The summed E-state index contributed by atoms with van der Waals surface area (Å²) in [5.41, 5.74) is -2.60. The van der Waals surface area contributed by atoms with Crippen molar-refractivity contribution in [3.63, 3.8) is 0 Å². The van der Waals surface area contributed by atoms with Gasteiger partial charge in [-0.25, -0.2) is 4.79 Å². The maximum atomic E-state index is 12.9. The van der Waals surface area contributed by atoms with Crippen LogP contribution in [-0.4, -0.2) is 86.7 Å². The molecular formula is C29H44O10. The molecule has 0 aromatic carbocycles. The summed E-state index contributed by atoms with van der Waals surface area (Å²) in [5.74, 6) is -0.473. The number of cyclic esters (lactones) is 1. The second kappa shape index (κ2) is 9.86. The first-order valence-corrected chi connectivity index (χ1v) is 14.4. The van der Waals surface area contributed by atoms with Crippen molar-refractivity contribution in [1.82, 2.24) is 0 Å². The Balaban J connectivity index is 0.00000308. The number of aliphatic hydroxyl groups excluding tert-OH is 2. The molecule has 6 rings (SSSR count). The van der Waals surface area contributed by atoms with Crippen LogP contribution in [0.15, 0.2) is 11.6 Å². The minimum absolute atomic E-state index is 0. The number of carbonyl (C=O) groups excluding carboxylic acids is 2. The minimum Gasteiger partial charge on any atom is -0.458 e. The number of fused-ring (bicyclic) bond motifs is 5. The summed E-state index contributed by atoms with van der Waals surface area (Å²) in [7, 11) is 0.